The maximum Gasteiger partial charge on any atom is 0.223 e. The second kappa shape index (κ2) is 5.69. The molecule has 4 heterocycles. The Morgan fingerprint density at radius 1 is 1.24 bits per heavy atom. The van der Waals surface area contributed by atoms with Gasteiger partial charge >= 0.3 is 0 Å². The molecule has 3 aliphatic heterocycles. The van der Waals surface area contributed by atoms with Crippen molar-refractivity contribution in [3.8, 4) is 5.75 Å². The molecule has 130 valence electrons. The lowest BCUT2D eigenvalue weighted by Crippen LogP contribution is -2.39. The molecule has 2 unspecified atom stereocenters. The number of fused-ring (bicyclic) bond motifs is 5. The van der Waals surface area contributed by atoms with Crippen molar-refractivity contribution in [1.29, 1.82) is 0 Å². The quantitative estimate of drug-likeness (QED) is 0.799. The van der Waals surface area contributed by atoms with Gasteiger partial charge in [0.25, 0.3) is 0 Å². The third-order valence-electron chi connectivity index (χ3n) is 5.15. The van der Waals surface area contributed by atoms with E-state index in [4.69, 9.17) is 14.2 Å². The Morgan fingerprint density at radius 3 is 2.92 bits per heavy atom. The highest BCUT2D eigenvalue weighted by Gasteiger charge is 2.55. The molecule has 6 heteroatoms. The minimum Gasteiger partial charge on any atom is -0.483 e. The van der Waals surface area contributed by atoms with Crippen molar-refractivity contribution in [1.82, 2.24) is 9.47 Å². The SMILES string of the molecule is C[C@H]1CO[C@@H]2Cn3ccc(=O)c(OCc4ccccc4)c3C3OC3N12. The van der Waals surface area contributed by atoms with E-state index in [9.17, 15) is 4.79 Å². The van der Waals surface area contributed by atoms with Gasteiger partial charge in [-0.05, 0) is 12.5 Å². The lowest BCUT2D eigenvalue weighted by atomic mass is 10.2. The minimum atomic E-state index is -0.131. The predicted octanol–water partition coefficient (Wildman–Crippen LogP) is 1.89. The van der Waals surface area contributed by atoms with Crippen LogP contribution in [-0.2, 0) is 22.6 Å². The number of aromatic nitrogens is 1. The summed E-state index contributed by atoms with van der Waals surface area (Å²) in [6.45, 7) is 3.90. The fourth-order valence-electron chi connectivity index (χ4n) is 3.86. The normalized spacial score (nSPS) is 30.1. The molecule has 5 rings (SSSR count). The van der Waals surface area contributed by atoms with Crippen LogP contribution in [0.15, 0.2) is 47.4 Å². The Labute approximate surface area is 145 Å². The van der Waals surface area contributed by atoms with Gasteiger partial charge in [0.1, 0.15) is 25.2 Å². The van der Waals surface area contributed by atoms with Crippen LogP contribution in [0.4, 0.5) is 0 Å². The molecular formula is C19H20N2O4. The van der Waals surface area contributed by atoms with Crippen LogP contribution in [0.3, 0.4) is 0 Å². The zero-order valence-electron chi connectivity index (χ0n) is 14.0. The molecule has 25 heavy (non-hydrogen) atoms. The van der Waals surface area contributed by atoms with Gasteiger partial charge < -0.3 is 18.8 Å². The number of nitrogens with zero attached hydrogens (tertiary/aromatic N) is 2. The topological polar surface area (TPSA) is 56.2 Å². The predicted molar refractivity (Wildman–Crippen MR) is 90.1 cm³/mol. The summed E-state index contributed by atoms with van der Waals surface area (Å²) in [5, 5.41) is 0. The number of ether oxygens (including phenoxy) is 3. The van der Waals surface area contributed by atoms with Crippen LogP contribution in [-0.4, -0.2) is 34.6 Å². The first-order chi connectivity index (χ1) is 12.2. The molecule has 1 aromatic heterocycles. The summed E-state index contributed by atoms with van der Waals surface area (Å²) in [5.74, 6) is 0.396. The zero-order valence-corrected chi connectivity index (χ0v) is 14.0. The van der Waals surface area contributed by atoms with Gasteiger partial charge in [-0.2, -0.15) is 0 Å². The summed E-state index contributed by atoms with van der Waals surface area (Å²) in [7, 11) is 0. The Kier molecular flexibility index (Phi) is 3.45. The van der Waals surface area contributed by atoms with Crippen molar-refractivity contribution in [3.05, 3.63) is 64.1 Å². The highest BCUT2D eigenvalue weighted by atomic mass is 16.6. The summed E-state index contributed by atoms with van der Waals surface area (Å²) in [6.07, 6.45) is 1.64. The van der Waals surface area contributed by atoms with E-state index in [1.54, 1.807) is 6.07 Å². The molecule has 1 aromatic carbocycles. The van der Waals surface area contributed by atoms with Gasteiger partial charge in [0.2, 0.25) is 5.43 Å². The van der Waals surface area contributed by atoms with E-state index >= 15 is 0 Å². The van der Waals surface area contributed by atoms with E-state index in [-0.39, 0.29) is 24.0 Å². The highest BCUT2D eigenvalue weighted by molar-refractivity contribution is 5.34. The van der Waals surface area contributed by atoms with Gasteiger partial charge in [0.15, 0.2) is 5.75 Å². The molecule has 0 spiro atoms. The van der Waals surface area contributed by atoms with E-state index in [0.29, 0.717) is 31.5 Å². The Hall–Kier alpha value is -2.15. The molecule has 0 bridgehead atoms. The Bertz CT molecular complexity index is 850. The van der Waals surface area contributed by atoms with Crippen LogP contribution in [0.1, 0.15) is 24.3 Å². The molecular weight excluding hydrogens is 320 g/mol. The molecule has 2 aromatic rings. The number of rotatable bonds is 3. The molecule has 6 nitrogen and oxygen atoms in total. The van der Waals surface area contributed by atoms with E-state index < -0.39 is 0 Å². The molecule has 0 N–H and O–H groups in total. The summed E-state index contributed by atoms with van der Waals surface area (Å²) >= 11 is 0. The van der Waals surface area contributed by atoms with Gasteiger partial charge in [0, 0.05) is 18.3 Å². The summed E-state index contributed by atoms with van der Waals surface area (Å²) in [4.78, 5) is 14.7. The first-order valence-corrected chi connectivity index (χ1v) is 8.67. The Balaban J connectivity index is 1.49. The smallest absolute Gasteiger partial charge is 0.223 e. The van der Waals surface area contributed by atoms with Gasteiger partial charge in [-0.15, -0.1) is 0 Å². The monoisotopic (exact) mass is 340 g/mol. The van der Waals surface area contributed by atoms with E-state index in [1.165, 1.54) is 0 Å². The van der Waals surface area contributed by atoms with Crippen LogP contribution in [0.2, 0.25) is 0 Å². The first kappa shape index (κ1) is 15.1. The lowest BCUT2D eigenvalue weighted by molar-refractivity contribution is -0.00457. The van der Waals surface area contributed by atoms with E-state index in [0.717, 1.165) is 11.3 Å². The molecule has 2 fully saturated rings. The third-order valence-corrected chi connectivity index (χ3v) is 5.15. The lowest BCUT2D eigenvalue weighted by Gasteiger charge is -2.23. The number of hydrogen-bond acceptors (Lipinski definition) is 5. The highest BCUT2D eigenvalue weighted by Crippen LogP contribution is 2.48. The van der Waals surface area contributed by atoms with Crippen molar-refractivity contribution < 1.29 is 14.2 Å². The third kappa shape index (κ3) is 2.49. The van der Waals surface area contributed by atoms with Gasteiger partial charge in [-0.25, -0.2) is 4.90 Å². The van der Waals surface area contributed by atoms with Gasteiger partial charge in [-0.3, -0.25) is 4.79 Å². The number of benzene rings is 1. The van der Waals surface area contributed by atoms with Crippen molar-refractivity contribution in [2.75, 3.05) is 6.61 Å². The average molecular weight is 340 g/mol. The van der Waals surface area contributed by atoms with E-state index in [2.05, 4.69) is 16.4 Å². The van der Waals surface area contributed by atoms with Crippen LogP contribution >= 0.6 is 0 Å². The van der Waals surface area contributed by atoms with Crippen molar-refractivity contribution >= 4 is 0 Å². The average Bonchev–Trinajstić information content (AvgIpc) is 3.33. The van der Waals surface area contributed by atoms with Gasteiger partial charge in [-0.1, -0.05) is 30.3 Å². The number of epoxide rings is 1. The maximum absolute atomic E-state index is 12.5. The molecule has 4 atom stereocenters. The fourth-order valence-corrected chi connectivity index (χ4v) is 3.86. The second-order valence-corrected chi connectivity index (χ2v) is 6.85. The van der Waals surface area contributed by atoms with Crippen LogP contribution in [0.25, 0.3) is 0 Å². The van der Waals surface area contributed by atoms with Gasteiger partial charge in [0.05, 0.1) is 18.8 Å². The largest absolute Gasteiger partial charge is 0.483 e. The van der Waals surface area contributed by atoms with Crippen LogP contribution in [0, 0.1) is 0 Å². The standard InChI is InChI=1S/C19H20N2O4/c1-12-10-23-15-9-20-8-7-14(22)17(16(20)18-19(25-18)21(12)15)24-11-13-5-3-2-4-6-13/h2-8,12,15,18-19H,9-11H2,1H3/t12-,15+,18?,19?/m0/s1. The molecule has 0 amide bonds. The maximum atomic E-state index is 12.5. The van der Waals surface area contributed by atoms with Crippen molar-refractivity contribution in [2.45, 2.75) is 44.7 Å². The molecule has 0 radical (unpaired) electrons. The first-order valence-electron chi connectivity index (χ1n) is 8.67. The molecule has 3 aliphatic rings. The van der Waals surface area contributed by atoms with Crippen LogP contribution in [0.5, 0.6) is 5.75 Å². The summed E-state index contributed by atoms with van der Waals surface area (Å²) in [5.41, 5.74) is 1.76. The van der Waals surface area contributed by atoms with Crippen molar-refractivity contribution in [3.63, 3.8) is 0 Å². The fraction of sp³-hybridized carbons (Fsp3) is 0.421. The zero-order chi connectivity index (χ0) is 17.0. The summed E-state index contributed by atoms with van der Waals surface area (Å²) in [6, 6.07) is 11.7. The van der Waals surface area contributed by atoms with Crippen LogP contribution < -0.4 is 10.2 Å². The minimum absolute atomic E-state index is 0.0178. The van der Waals surface area contributed by atoms with Crippen molar-refractivity contribution in [2.24, 2.45) is 0 Å². The number of hydrogen-bond donors (Lipinski definition) is 0. The second-order valence-electron chi connectivity index (χ2n) is 6.85. The molecule has 0 aliphatic carbocycles. The van der Waals surface area contributed by atoms with E-state index in [1.807, 2.05) is 36.5 Å². The molecule has 2 saturated heterocycles. The summed E-state index contributed by atoms with van der Waals surface area (Å²) < 4.78 is 19.8. The number of pyridine rings is 1. The molecule has 0 saturated carbocycles. The Morgan fingerprint density at radius 2 is 2.08 bits per heavy atom.